The van der Waals surface area contributed by atoms with Crippen molar-refractivity contribution < 1.29 is 4.79 Å². The van der Waals surface area contributed by atoms with Crippen LogP contribution in [0.25, 0.3) is 0 Å². The highest BCUT2D eigenvalue weighted by atomic mass is 16.2. The molecule has 0 aliphatic heterocycles. The number of carbonyl (C=O) groups is 1. The van der Waals surface area contributed by atoms with Gasteiger partial charge in [0, 0.05) is 12.6 Å². The van der Waals surface area contributed by atoms with E-state index in [-0.39, 0.29) is 11.9 Å². The molecule has 96 valence electrons. The van der Waals surface area contributed by atoms with Crippen LogP contribution in [0.3, 0.4) is 0 Å². The third kappa shape index (κ3) is 3.11. The summed E-state index contributed by atoms with van der Waals surface area (Å²) in [5.41, 5.74) is 0.720. The van der Waals surface area contributed by atoms with Crippen LogP contribution in [0.2, 0.25) is 0 Å². The highest BCUT2D eigenvalue weighted by Gasteiger charge is 2.36. The molecule has 1 amide bonds. The minimum Gasteiger partial charge on any atom is -0.337 e. The van der Waals surface area contributed by atoms with Gasteiger partial charge in [-0.2, -0.15) is 10.5 Å². The lowest BCUT2D eigenvalue weighted by molar-refractivity contribution is -0.132. The highest BCUT2D eigenvalue weighted by Crippen LogP contribution is 2.30. The first-order valence-corrected chi connectivity index (χ1v) is 6.40. The lowest BCUT2D eigenvalue weighted by atomic mass is 9.99. The van der Waals surface area contributed by atoms with Crippen molar-refractivity contribution in [1.29, 1.82) is 10.5 Å². The third-order valence-corrected chi connectivity index (χ3v) is 3.24. The summed E-state index contributed by atoms with van der Waals surface area (Å²) in [6.45, 7) is 0.422. The molecule has 0 saturated heterocycles. The van der Waals surface area contributed by atoms with Crippen molar-refractivity contribution in [1.82, 2.24) is 4.90 Å². The first-order valence-electron chi connectivity index (χ1n) is 6.40. The van der Waals surface area contributed by atoms with Gasteiger partial charge in [0.15, 0.2) is 0 Å². The lowest BCUT2D eigenvalue weighted by Crippen LogP contribution is -2.37. The van der Waals surface area contributed by atoms with Gasteiger partial charge in [0.1, 0.15) is 5.92 Å². The molecule has 1 saturated carbocycles. The molecule has 19 heavy (non-hydrogen) atoms. The first kappa shape index (κ1) is 13.1. The molecule has 1 aliphatic rings. The van der Waals surface area contributed by atoms with Crippen molar-refractivity contribution in [2.45, 2.75) is 31.2 Å². The van der Waals surface area contributed by atoms with Gasteiger partial charge in [-0.3, -0.25) is 4.79 Å². The van der Waals surface area contributed by atoms with E-state index >= 15 is 0 Å². The van der Waals surface area contributed by atoms with Crippen LogP contribution in [0.5, 0.6) is 0 Å². The molecule has 1 aromatic carbocycles. The molecule has 0 heterocycles. The minimum atomic E-state index is -0.763. The van der Waals surface area contributed by atoms with Gasteiger partial charge in [-0.25, -0.2) is 0 Å². The van der Waals surface area contributed by atoms with Crippen LogP contribution in [-0.2, 0) is 4.79 Å². The topological polar surface area (TPSA) is 67.9 Å². The van der Waals surface area contributed by atoms with Crippen molar-refractivity contribution in [3.05, 3.63) is 35.9 Å². The summed E-state index contributed by atoms with van der Waals surface area (Å²) in [5, 5.41) is 17.9. The van der Waals surface area contributed by atoms with E-state index in [1.54, 1.807) is 17.0 Å². The molecule has 1 aliphatic carbocycles. The monoisotopic (exact) mass is 253 g/mol. The minimum absolute atomic E-state index is 0.175. The second kappa shape index (κ2) is 6.02. The zero-order chi connectivity index (χ0) is 13.7. The van der Waals surface area contributed by atoms with Crippen LogP contribution >= 0.6 is 0 Å². The summed E-state index contributed by atoms with van der Waals surface area (Å²) in [7, 11) is 0. The van der Waals surface area contributed by atoms with Crippen molar-refractivity contribution in [2.75, 3.05) is 6.54 Å². The van der Waals surface area contributed by atoms with E-state index in [4.69, 9.17) is 5.26 Å². The quantitative estimate of drug-likeness (QED) is 0.807. The summed E-state index contributed by atoms with van der Waals surface area (Å²) < 4.78 is 0. The summed E-state index contributed by atoms with van der Waals surface area (Å²) in [6.07, 6.45) is 2.27. The van der Waals surface area contributed by atoms with Gasteiger partial charge in [0.2, 0.25) is 5.91 Å². The Kier molecular flexibility index (Phi) is 4.15. The third-order valence-electron chi connectivity index (χ3n) is 3.24. The molecular formula is C15H15N3O. The van der Waals surface area contributed by atoms with Gasteiger partial charge in [0.25, 0.3) is 0 Å². The Morgan fingerprint density at radius 3 is 2.53 bits per heavy atom. The molecule has 4 heteroatoms. The number of rotatable bonds is 5. The summed E-state index contributed by atoms with van der Waals surface area (Å²) in [6, 6.07) is 13.5. The summed E-state index contributed by atoms with van der Waals surface area (Å²) >= 11 is 0. The van der Waals surface area contributed by atoms with Crippen molar-refractivity contribution in [2.24, 2.45) is 0 Å². The Labute approximate surface area is 112 Å². The number of hydrogen-bond acceptors (Lipinski definition) is 3. The van der Waals surface area contributed by atoms with Crippen LogP contribution in [0, 0.1) is 22.7 Å². The Bertz CT molecular complexity index is 523. The Balaban J connectivity index is 2.15. The van der Waals surface area contributed by atoms with E-state index in [0.717, 1.165) is 18.4 Å². The second-order valence-electron chi connectivity index (χ2n) is 4.64. The lowest BCUT2D eigenvalue weighted by Gasteiger charge is -2.23. The number of carbonyl (C=O) groups excluding carboxylic acids is 1. The first-order chi connectivity index (χ1) is 9.27. The maximum Gasteiger partial charge on any atom is 0.244 e. The number of hydrogen-bond donors (Lipinski definition) is 0. The summed E-state index contributed by atoms with van der Waals surface area (Å²) in [4.78, 5) is 14.2. The summed E-state index contributed by atoms with van der Waals surface area (Å²) in [5.74, 6) is -0.938. The SMILES string of the molecule is N#CCCN(C(=O)C(C#N)c1ccccc1)C1CC1. The molecule has 4 nitrogen and oxygen atoms in total. The van der Waals surface area contributed by atoms with Gasteiger partial charge in [-0.15, -0.1) is 0 Å². The van der Waals surface area contributed by atoms with E-state index in [9.17, 15) is 10.1 Å². The van der Waals surface area contributed by atoms with Gasteiger partial charge >= 0.3 is 0 Å². The van der Waals surface area contributed by atoms with Crippen LogP contribution in [0.4, 0.5) is 0 Å². The number of nitrogens with zero attached hydrogens (tertiary/aromatic N) is 3. The van der Waals surface area contributed by atoms with E-state index in [2.05, 4.69) is 12.1 Å². The fourth-order valence-electron chi connectivity index (χ4n) is 2.11. The number of nitriles is 2. The molecule has 1 fully saturated rings. The van der Waals surface area contributed by atoms with E-state index in [1.165, 1.54) is 0 Å². The molecule has 0 N–H and O–H groups in total. The second-order valence-corrected chi connectivity index (χ2v) is 4.64. The maximum atomic E-state index is 12.5. The van der Waals surface area contributed by atoms with Crippen molar-refractivity contribution >= 4 is 5.91 Å². The predicted octanol–water partition coefficient (Wildman–Crippen LogP) is 2.20. The van der Waals surface area contributed by atoms with Gasteiger partial charge in [-0.1, -0.05) is 30.3 Å². The molecule has 1 aromatic rings. The Morgan fingerprint density at radius 2 is 2.00 bits per heavy atom. The number of amides is 1. The standard InChI is InChI=1S/C15H15N3O/c16-9-4-10-18(13-7-8-13)15(19)14(11-17)12-5-2-1-3-6-12/h1-3,5-6,13-14H,4,7-8,10H2. The smallest absolute Gasteiger partial charge is 0.244 e. The van der Waals surface area contributed by atoms with Crippen LogP contribution in [0.1, 0.15) is 30.7 Å². The Hall–Kier alpha value is -2.33. The largest absolute Gasteiger partial charge is 0.337 e. The molecular weight excluding hydrogens is 238 g/mol. The van der Waals surface area contributed by atoms with Crippen LogP contribution in [0.15, 0.2) is 30.3 Å². The van der Waals surface area contributed by atoms with Crippen LogP contribution < -0.4 is 0 Å². The van der Waals surface area contributed by atoms with E-state index in [1.807, 2.05) is 18.2 Å². The van der Waals surface area contributed by atoms with Gasteiger partial charge in [-0.05, 0) is 18.4 Å². The predicted molar refractivity (Wildman–Crippen MR) is 69.8 cm³/mol. The fraction of sp³-hybridized carbons (Fsp3) is 0.400. The number of benzene rings is 1. The molecule has 0 radical (unpaired) electrons. The maximum absolute atomic E-state index is 12.5. The molecule has 1 atom stereocenters. The van der Waals surface area contributed by atoms with Crippen molar-refractivity contribution in [3.63, 3.8) is 0 Å². The molecule has 0 bridgehead atoms. The van der Waals surface area contributed by atoms with Crippen molar-refractivity contribution in [3.8, 4) is 12.1 Å². The van der Waals surface area contributed by atoms with Gasteiger partial charge in [0.05, 0.1) is 18.6 Å². The highest BCUT2D eigenvalue weighted by molar-refractivity contribution is 5.87. The zero-order valence-corrected chi connectivity index (χ0v) is 10.6. The molecule has 2 rings (SSSR count). The average Bonchev–Trinajstić information content (AvgIpc) is 3.26. The average molecular weight is 253 g/mol. The normalized spacial score (nSPS) is 15.1. The van der Waals surface area contributed by atoms with E-state index in [0.29, 0.717) is 13.0 Å². The zero-order valence-electron chi connectivity index (χ0n) is 10.6. The fourth-order valence-corrected chi connectivity index (χ4v) is 2.11. The molecule has 1 unspecified atom stereocenters. The van der Waals surface area contributed by atoms with Crippen LogP contribution in [-0.4, -0.2) is 23.4 Å². The van der Waals surface area contributed by atoms with Gasteiger partial charge < -0.3 is 4.90 Å². The Morgan fingerprint density at radius 1 is 1.32 bits per heavy atom. The molecule has 0 spiro atoms. The molecule has 0 aromatic heterocycles. The van der Waals surface area contributed by atoms with E-state index < -0.39 is 5.92 Å².